The Morgan fingerprint density at radius 1 is 0.375 bits per heavy atom. The lowest BCUT2D eigenvalue weighted by Gasteiger charge is -2.30. The predicted octanol–water partition coefficient (Wildman–Crippen LogP) is 13.7. The van der Waals surface area contributed by atoms with Crippen LogP contribution in [0.4, 0.5) is 17.1 Å². The molecule has 0 aliphatic rings. The maximum atomic E-state index is 2.49. The molecule has 226 valence electrons. The van der Waals surface area contributed by atoms with E-state index in [4.69, 9.17) is 0 Å². The van der Waals surface area contributed by atoms with Crippen LogP contribution in [0.3, 0.4) is 0 Å². The van der Waals surface area contributed by atoms with Gasteiger partial charge in [-0.1, -0.05) is 158 Å². The summed E-state index contributed by atoms with van der Waals surface area (Å²) in [6.07, 6.45) is 0. The van der Waals surface area contributed by atoms with Crippen LogP contribution in [0.25, 0.3) is 64.3 Å². The second-order valence-electron chi connectivity index (χ2n) is 12.1. The van der Waals surface area contributed by atoms with Crippen molar-refractivity contribution in [1.82, 2.24) is 0 Å². The van der Waals surface area contributed by atoms with Crippen molar-refractivity contribution >= 4 is 59.3 Å². The van der Waals surface area contributed by atoms with Gasteiger partial charge in [0.05, 0.1) is 16.1 Å². The van der Waals surface area contributed by atoms with E-state index in [-0.39, 0.29) is 0 Å². The lowest BCUT2D eigenvalue weighted by Crippen LogP contribution is -2.12. The van der Waals surface area contributed by atoms with Crippen LogP contribution in [0.5, 0.6) is 0 Å². The van der Waals surface area contributed by atoms with E-state index < -0.39 is 0 Å². The molecule has 1 heterocycles. The van der Waals surface area contributed by atoms with E-state index >= 15 is 0 Å². The molecule has 0 aliphatic carbocycles. The van der Waals surface area contributed by atoms with Crippen molar-refractivity contribution in [2.75, 3.05) is 4.90 Å². The van der Waals surface area contributed by atoms with Crippen LogP contribution >= 0.6 is 11.3 Å². The largest absolute Gasteiger partial charge is 0.308 e. The Morgan fingerprint density at radius 2 is 0.958 bits per heavy atom. The third-order valence-electron chi connectivity index (χ3n) is 9.27. The smallest absolute Gasteiger partial charge is 0.0640 e. The molecule has 8 aromatic carbocycles. The van der Waals surface area contributed by atoms with Gasteiger partial charge in [-0.2, -0.15) is 0 Å². The number of thiophene rings is 1. The summed E-state index contributed by atoms with van der Waals surface area (Å²) in [6.45, 7) is 0. The molecule has 0 saturated heterocycles. The van der Waals surface area contributed by atoms with Crippen molar-refractivity contribution in [2.24, 2.45) is 0 Å². The minimum Gasteiger partial charge on any atom is -0.308 e. The standard InChI is InChI=1S/C46H31NS/c1-3-16-33(17-4-1)37-21-9-10-23-40(37)45-38(34-18-5-2-6-19-34)24-13-26-42(45)47(36-30-29-32-15-7-8-20-35(32)31-36)43-27-14-25-41-39-22-11-12-28-44(39)48-46(41)43/h1-31H. The molecule has 0 amide bonds. The van der Waals surface area contributed by atoms with Crippen molar-refractivity contribution in [3.05, 3.63) is 188 Å². The molecule has 0 bridgehead atoms. The Balaban J connectivity index is 1.40. The lowest BCUT2D eigenvalue weighted by molar-refractivity contribution is 1.31. The summed E-state index contributed by atoms with van der Waals surface area (Å²) in [5.74, 6) is 0. The van der Waals surface area contributed by atoms with Gasteiger partial charge in [0, 0.05) is 26.7 Å². The molecular weight excluding hydrogens is 599 g/mol. The number of hydrogen-bond acceptors (Lipinski definition) is 2. The molecule has 0 radical (unpaired) electrons. The molecule has 1 nitrogen and oxygen atoms in total. The van der Waals surface area contributed by atoms with E-state index in [9.17, 15) is 0 Å². The highest BCUT2D eigenvalue weighted by atomic mass is 32.1. The summed E-state index contributed by atoms with van der Waals surface area (Å²) in [5.41, 5.74) is 10.6. The average Bonchev–Trinajstić information content (AvgIpc) is 3.55. The van der Waals surface area contributed by atoms with Crippen LogP contribution in [0.15, 0.2) is 188 Å². The molecule has 0 atom stereocenters. The van der Waals surface area contributed by atoms with Gasteiger partial charge in [-0.05, 0) is 68.9 Å². The summed E-state index contributed by atoms with van der Waals surface area (Å²) in [4.78, 5) is 2.49. The van der Waals surface area contributed by atoms with Gasteiger partial charge in [0.25, 0.3) is 0 Å². The second kappa shape index (κ2) is 12.0. The summed E-state index contributed by atoms with van der Waals surface area (Å²) in [5, 5.41) is 5.03. The summed E-state index contributed by atoms with van der Waals surface area (Å²) >= 11 is 1.87. The van der Waals surface area contributed by atoms with Gasteiger partial charge < -0.3 is 4.90 Å². The number of fused-ring (bicyclic) bond motifs is 4. The SMILES string of the molecule is c1ccc(-c2ccccc2-c2c(-c3ccccc3)cccc2N(c2ccc3ccccc3c2)c2cccc3c2sc2ccccc23)cc1. The van der Waals surface area contributed by atoms with Crippen LogP contribution in [0, 0.1) is 0 Å². The Kier molecular flexibility index (Phi) is 7.07. The molecule has 1 aromatic heterocycles. The molecule has 0 spiro atoms. The number of hydrogen-bond donors (Lipinski definition) is 0. The predicted molar refractivity (Wildman–Crippen MR) is 208 cm³/mol. The zero-order valence-electron chi connectivity index (χ0n) is 26.3. The number of rotatable bonds is 6. The normalized spacial score (nSPS) is 11.3. The maximum absolute atomic E-state index is 2.49. The quantitative estimate of drug-likeness (QED) is 0.177. The summed E-state index contributed by atoms with van der Waals surface area (Å²) in [7, 11) is 0. The van der Waals surface area contributed by atoms with Gasteiger partial charge in [-0.25, -0.2) is 0 Å². The van der Waals surface area contributed by atoms with Gasteiger partial charge in [0.2, 0.25) is 0 Å². The van der Waals surface area contributed by atoms with Crippen LogP contribution in [0.2, 0.25) is 0 Å². The van der Waals surface area contributed by atoms with Crippen molar-refractivity contribution in [2.45, 2.75) is 0 Å². The van der Waals surface area contributed by atoms with Gasteiger partial charge in [-0.15, -0.1) is 11.3 Å². The van der Waals surface area contributed by atoms with Gasteiger partial charge in [0.15, 0.2) is 0 Å². The van der Waals surface area contributed by atoms with Gasteiger partial charge >= 0.3 is 0 Å². The molecule has 0 N–H and O–H groups in total. The first kappa shape index (κ1) is 28.3. The second-order valence-corrected chi connectivity index (χ2v) is 13.1. The summed E-state index contributed by atoms with van der Waals surface area (Å²) < 4.78 is 2.57. The Morgan fingerprint density at radius 3 is 1.77 bits per heavy atom. The van der Waals surface area contributed by atoms with Gasteiger partial charge in [0.1, 0.15) is 0 Å². The first-order chi connectivity index (χ1) is 23.8. The van der Waals surface area contributed by atoms with Gasteiger partial charge in [-0.3, -0.25) is 0 Å². The van der Waals surface area contributed by atoms with E-state index in [0.717, 1.165) is 11.4 Å². The molecule has 0 fully saturated rings. The Hall–Kier alpha value is -5.96. The van der Waals surface area contributed by atoms with E-state index in [2.05, 4.69) is 193 Å². The van der Waals surface area contributed by atoms with Crippen LogP contribution in [-0.4, -0.2) is 0 Å². The molecule has 9 rings (SSSR count). The zero-order chi connectivity index (χ0) is 31.9. The molecule has 48 heavy (non-hydrogen) atoms. The highest BCUT2D eigenvalue weighted by molar-refractivity contribution is 7.26. The fraction of sp³-hybridized carbons (Fsp3) is 0. The fourth-order valence-electron chi connectivity index (χ4n) is 7.07. The molecule has 0 unspecified atom stereocenters. The van der Waals surface area contributed by atoms with Crippen molar-refractivity contribution < 1.29 is 0 Å². The van der Waals surface area contributed by atoms with E-state index in [1.807, 2.05) is 11.3 Å². The van der Waals surface area contributed by atoms with Crippen molar-refractivity contribution in [3.63, 3.8) is 0 Å². The molecular formula is C46H31NS. The lowest BCUT2D eigenvalue weighted by atomic mass is 9.87. The minimum absolute atomic E-state index is 1.13. The topological polar surface area (TPSA) is 3.24 Å². The molecule has 0 saturated carbocycles. The number of benzene rings is 8. The third kappa shape index (κ3) is 4.86. The van der Waals surface area contributed by atoms with Crippen LogP contribution in [-0.2, 0) is 0 Å². The number of nitrogens with zero attached hydrogens (tertiary/aromatic N) is 1. The Bertz CT molecular complexity index is 2560. The van der Waals surface area contributed by atoms with E-state index in [1.165, 1.54) is 70.0 Å². The number of anilines is 3. The zero-order valence-corrected chi connectivity index (χ0v) is 27.1. The first-order valence-electron chi connectivity index (χ1n) is 16.4. The summed E-state index contributed by atoms with van der Waals surface area (Å²) in [6, 6.07) is 68.2. The molecule has 0 aliphatic heterocycles. The van der Waals surface area contributed by atoms with Crippen LogP contribution in [0.1, 0.15) is 0 Å². The van der Waals surface area contributed by atoms with E-state index in [0.29, 0.717) is 0 Å². The molecule has 2 heteroatoms. The monoisotopic (exact) mass is 629 g/mol. The minimum atomic E-state index is 1.13. The van der Waals surface area contributed by atoms with E-state index in [1.54, 1.807) is 0 Å². The maximum Gasteiger partial charge on any atom is 0.0640 e. The van der Waals surface area contributed by atoms with Crippen molar-refractivity contribution in [1.29, 1.82) is 0 Å². The fourth-order valence-corrected chi connectivity index (χ4v) is 8.28. The highest BCUT2D eigenvalue weighted by Gasteiger charge is 2.24. The van der Waals surface area contributed by atoms with Crippen LogP contribution < -0.4 is 4.90 Å². The van der Waals surface area contributed by atoms with Crippen molar-refractivity contribution in [3.8, 4) is 33.4 Å². The highest BCUT2D eigenvalue weighted by Crippen LogP contribution is 2.51. The third-order valence-corrected chi connectivity index (χ3v) is 10.5. The Labute approximate surface area is 284 Å². The molecule has 9 aromatic rings. The first-order valence-corrected chi connectivity index (χ1v) is 17.2. The average molecular weight is 630 g/mol.